The topological polar surface area (TPSA) is 64.2 Å². The molecule has 0 bridgehead atoms. The largest absolute Gasteiger partial charge is 0.325 e. The number of fused-ring (bicyclic) bond motifs is 1. The van der Waals surface area contributed by atoms with E-state index >= 15 is 0 Å². The minimum absolute atomic E-state index is 0.0783. The summed E-state index contributed by atoms with van der Waals surface area (Å²) in [5.74, 6) is 0.529. The Balaban J connectivity index is 1.51. The van der Waals surface area contributed by atoms with Crippen molar-refractivity contribution in [2.75, 3.05) is 4.90 Å². The summed E-state index contributed by atoms with van der Waals surface area (Å²) in [6, 6.07) is 12.1. The third-order valence-electron chi connectivity index (χ3n) is 5.68. The average Bonchev–Trinajstić information content (AvgIpc) is 3.31. The van der Waals surface area contributed by atoms with E-state index in [4.69, 9.17) is 5.73 Å². The van der Waals surface area contributed by atoms with E-state index < -0.39 is 0 Å². The molecule has 2 N–H and O–H groups in total. The van der Waals surface area contributed by atoms with Gasteiger partial charge in [-0.25, -0.2) is 9.07 Å². The number of carbonyl (C=O) groups is 1. The van der Waals surface area contributed by atoms with Crippen molar-refractivity contribution in [3.05, 3.63) is 54.5 Å². The van der Waals surface area contributed by atoms with Crippen molar-refractivity contribution in [1.82, 2.24) is 9.78 Å². The fourth-order valence-corrected chi connectivity index (χ4v) is 4.08. The summed E-state index contributed by atoms with van der Waals surface area (Å²) in [7, 11) is 0. The van der Waals surface area contributed by atoms with Gasteiger partial charge in [0.2, 0.25) is 5.91 Å². The summed E-state index contributed by atoms with van der Waals surface area (Å²) in [4.78, 5) is 14.5. The molecule has 3 aromatic rings. The highest BCUT2D eigenvalue weighted by Gasteiger charge is 2.41. The van der Waals surface area contributed by atoms with Crippen LogP contribution in [-0.4, -0.2) is 27.8 Å². The molecule has 1 aliphatic heterocycles. The summed E-state index contributed by atoms with van der Waals surface area (Å²) in [5.41, 5.74) is 8.86. The van der Waals surface area contributed by atoms with E-state index in [1.807, 2.05) is 23.1 Å². The number of nitrogens with two attached hydrogens (primary N) is 1. The smallest absolute Gasteiger partial charge is 0.228 e. The van der Waals surface area contributed by atoms with Gasteiger partial charge in [-0.3, -0.25) is 4.79 Å². The number of amides is 1. The second-order valence-electron chi connectivity index (χ2n) is 7.65. The molecule has 1 aliphatic carbocycles. The Morgan fingerprint density at radius 1 is 1.11 bits per heavy atom. The highest BCUT2D eigenvalue weighted by molar-refractivity contribution is 5.99. The van der Waals surface area contributed by atoms with Crippen molar-refractivity contribution in [1.29, 1.82) is 0 Å². The van der Waals surface area contributed by atoms with Crippen LogP contribution in [0.15, 0.2) is 48.7 Å². The lowest BCUT2D eigenvalue weighted by Crippen LogP contribution is -2.40. The summed E-state index contributed by atoms with van der Waals surface area (Å²) in [5, 5.41) is 5.38. The van der Waals surface area contributed by atoms with Gasteiger partial charge in [0.05, 0.1) is 23.4 Å². The molecular formula is C21H21FN4O. The summed E-state index contributed by atoms with van der Waals surface area (Å²) >= 11 is 0. The van der Waals surface area contributed by atoms with Gasteiger partial charge in [0, 0.05) is 23.5 Å². The first-order valence-electron chi connectivity index (χ1n) is 9.41. The maximum atomic E-state index is 13.2. The lowest BCUT2D eigenvalue weighted by Gasteiger charge is -2.27. The molecule has 2 atom stereocenters. The van der Waals surface area contributed by atoms with Gasteiger partial charge in [0.1, 0.15) is 5.82 Å². The van der Waals surface area contributed by atoms with Crippen LogP contribution in [0, 0.1) is 11.7 Å². The van der Waals surface area contributed by atoms with Crippen molar-refractivity contribution in [3.8, 4) is 5.69 Å². The van der Waals surface area contributed by atoms with Crippen LogP contribution >= 0.6 is 0 Å². The summed E-state index contributed by atoms with van der Waals surface area (Å²) < 4.78 is 15.0. The third kappa shape index (κ3) is 2.90. The Morgan fingerprint density at radius 3 is 2.59 bits per heavy atom. The number of hydrogen-bond donors (Lipinski definition) is 1. The van der Waals surface area contributed by atoms with Gasteiger partial charge in [-0.05, 0) is 54.8 Å². The van der Waals surface area contributed by atoms with Gasteiger partial charge in [-0.1, -0.05) is 12.8 Å². The number of anilines is 1. The first-order valence-corrected chi connectivity index (χ1v) is 9.41. The van der Waals surface area contributed by atoms with Crippen molar-refractivity contribution in [2.24, 2.45) is 11.7 Å². The fraction of sp³-hybridized carbons (Fsp3) is 0.333. The number of aromatic nitrogens is 2. The Hall–Kier alpha value is -2.73. The van der Waals surface area contributed by atoms with Crippen molar-refractivity contribution in [2.45, 2.75) is 37.8 Å². The molecule has 1 amide bonds. The number of carbonyl (C=O) groups excluding carboxylic acids is 1. The Labute approximate surface area is 156 Å². The minimum atomic E-state index is -0.275. The van der Waals surface area contributed by atoms with Crippen molar-refractivity contribution < 1.29 is 9.18 Å². The highest BCUT2D eigenvalue weighted by Crippen LogP contribution is 2.39. The highest BCUT2D eigenvalue weighted by atomic mass is 19.1. The molecule has 138 valence electrons. The molecule has 0 spiro atoms. The van der Waals surface area contributed by atoms with Gasteiger partial charge in [0.25, 0.3) is 0 Å². The lowest BCUT2D eigenvalue weighted by atomic mass is 10.0. The number of nitrogens with zero attached hydrogens (tertiary/aromatic N) is 3. The van der Waals surface area contributed by atoms with Gasteiger partial charge >= 0.3 is 0 Å². The first-order chi connectivity index (χ1) is 13.1. The minimum Gasteiger partial charge on any atom is -0.325 e. The van der Waals surface area contributed by atoms with E-state index in [9.17, 15) is 9.18 Å². The van der Waals surface area contributed by atoms with Crippen molar-refractivity contribution >= 4 is 22.5 Å². The van der Waals surface area contributed by atoms with Crippen LogP contribution in [0.3, 0.4) is 0 Å². The van der Waals surface area contributed by atoms with Crippen molar-refractivity contribution in [3.63, 3.8) is 0 Å². The number of rotatable bonds is 4. The fourth-order valence-electron chi connectivity index (χ4n) is 4.08. The molecule has 5 nitrogen and oxygen atoms in total. The standard InChI is InChI=1S/C21H21FN4O/c22-15-3-5-16(6-4-15)26-19-8-7-17(10-14(19)12-24-26)25-20(9-13-1-2-13)18(23)11-21(25)27/h3-8,10,12-13,18,20H,1-2,9,11,23H2/t18-,20-/m0/s1. The van der Waals surface area contributed by atoms with Crippen LogP contribution in [-0.2, 0) is 4.79 Å². The van der Waals surface area contributed by atoms with Crippen LogP contribution in [0.25, 0.3) is 16.6 Å². The molecule has 1 saturated heterocycles. The van der Waals surface area contributed by atoms with E-state index in [-0.39, 0.29) is 23.8 Å². The zero-order valence-electron chi connectivity index (χ0n) is 14.9. The molecule has 2 aromatic carbocycles. The van der Waals surface area contributed by atoms with Gasteiger partial charge < -0.3 is 10.6 Å². The molecule has 1 saturated carbocycles. The zero-order valence-corrected chi connectivity index (χ0v) is 14.9. The van der Waals surface area contributed by atoms with Crippen LogP contribution in [0.5, 0.6) is 0 Å². The Kier molecular flexibility index (Phi) is 3.75. The van der Waals surface area contributed by atoms with Crippen LogP contribution < -0.4 is 10.6 Å². The summed E-state index contributed by atoms with van der Waals surface area (Å²) in [6.07, 6.45) is 5.66. The molecule has 27 heavy (non-hydrogen) atoms. The van der Waals surface area contributed by atoms with E-state index in [0.29, 0.717) is 12.3 Å². The third-order valence-corrected chi connectivity index (χ3v) is 5.68. The number of benzene rings is 2. The molecule has 2 aliphatic rings. The predicted molar refractivity (Wildman–Crippen MR) is 102 cm³/mol. The van der Waals surface area contributed by atoms with E-state index in [0.717, 1.165) is 28.7 Å². The predicted octanol–water partition coefficient (Wildman–Crippen LogP) is 3.40. The normalized spacial score (nSPS) is 22.7. The number of hydrogen-bond acceptors (Lipinski definition) is 3. The Bertz CT molecular complexity index is 1010. The van der Waals surface area contributed by atoms with E-state index in [1.54, 1.807) is 23.0 Å². The maximum Gasteiger partial charge on any atom is 0.228 e. The quantitative estimate of drug-likeness (QED) is 0.772. The maximum absolute atomic E-state index is 13.2. The molecule has 2 heterocycles. The molecule has 5 rings (SSSR count). The molecular weight excluding hydrogens is 343 g/mol. The molecule has 2 fully saturated rings. The molecule has 0 radical (unpaired) electrons. The van der Waals surface area contributed by atoms with Crippen LogP contribution in [0.2, 0.25) is 0 Å². The average molecular weight is 364 g/mol. The van der Waals surface area contributed by atoms with E-state index in [2.05, 4.69) is 5.10 Å². The molecule has 6 heteroatoms. The zero-order chi connectivity index (χ0) is 18.5. The van der Waals surface area contributed by atoms with Crippen LogP contribution in [0.4, 0.5) is 10.1 Å². The second-order valence-corrected chi connectivity index (χ2v) is 7.65. The van der Waals surface area contributed by atoms with Gasteiger partial charge in [-0.2, -0.15) is 5.10 Å². The molecule has 1 aromatic heterocycles. The number of halogens is 1. The second kappa shape index (κ2) is 6.16. The van der Waals surface area contributed by atoms with Gasteiger partial charge in [0.15, 0.2) is 0 Å². The lowest BCUT2D eigenvalue weighted by molar-refractivity contribution is -0.117. The first kappa shape index (κ1) is 16.4. The van der Waals surface area contributed by atoms with Crippen LogP contribution in [0.1, 0.15) is 25.7 Å². The Morgan fingerprint density at radius 2 is 1.85 bits per heavy atom. The monoisotopic (exact) mass is 364 g/mol. The summed E-state index contributed by atoms with van der Waals surface area (Å²) in [6.45, 7) is 0. The molecule has 0 unspecified atom stereocenters. The SMILES string of the molecule is N[C@H]1CC(=O)N(c2ccc3c(cnn3-c3ccc(F)cc3)c2)[C@H]1CC1CC1. The van der Waals surface area contributed by atoms with Gasteiger partial charge in [-0.15, -0.1) is 0 Å². The van der Waals surface area contributed by atoms with E-state index in [1.165, 1.54) is 25.0 Å².